The van der Waals surface area contributed by atoms with E-state index in [4.69, 9.17) is 32.7 Å². The fourth-order valence-corrected chi connectivity index (χ4v) is 3.15. The number of hydrogen-bond acceptors (Lipinski definition) is 4. The standard InChI is InChI=1S/C16H13BrCl2N2O4/c1-24-11-4-2-9(3-5-11)16(23)21-20-14(22)8-25-15-12(17)6-10(18)7-13(15)19/h2-7H,8H2,1H3,(H,20,22)(H,21,23). The molecule has 6 nitrogen and oxygen atoms in total. The Bertz CT molecular complexity index is 761. The Balaban J connectivity index is 1.85. The Morgan fingerprint density at radius 1 is 1.12 bits per heavy atom. The zero-order valence-electron chi connectivity index (χ0n) is 12.9. The quantitative estimate of drug-likeness (QED) is 0.686. The Morgan fingerprint density at radius 2 is 1.80 bits per heavy atom. The molecule has 2 aromatic carbocycles. The average Bonchev–Trinajstić information content (AvgIpc) is 2.58. The van der Waals surface area contributed by atoms with Gasteiger partial charge in [-0.1, -0.05) is 23.2 Å². The van der Waals surface area contributed by atoms with Gasteiger partial charge in [-0.3, -0.25) is 20.4 Å². The molecule has 2 N–H and O–H groups in total. The molecule has 0 aliphatic carbocycles. The number of rotatable bonds is 5. The first-order chi connectivity index (χ1) is 11.9. The molecular formula is C16H13BrCl2N2O4. The maximum Gasteiger partial charge on any atom is 0.276 e. The Morgan fingerprint density at radius 3 is 2.40 bits per heavy atom. The number of nitrogens with one attached hydrogen (secondary N) is 2. The highest BCUT2D eigenvalue weighted by Gasteiger charge is 2.12. The van der Waals surface area contributed by atoms with Gasteiger partial charge in [-0.15, -0.1) is 0 Å². The molecule has 0 bridgehead atoms. The largest absolute Gasteiger partial charge is 0.497 e. The minimum absolute atomic E-state index is 0.259. The molecule has 0 spiro atoms. The molecule has 0 heterocycles. The van der Waals surface area contributed by atoms with Crippen molar-refractivity contribution >= 4 is 50.9 Å². The van der Waals surface area contributed by atoms with E-state index in [2.05, 4.69) is 26.8 Å². The predicted octanol–water partition coefficient (Wildman–Crippen LogP) is 3.60. The first-order valence-corrected chi connectivity index (χ1v) is 8.46. The van der Waals surface area contributed by atoms with Crippen LogP contribution in [0.4, 0.5) is 0 Å². The van der Waals surface area contributed by atoms with Gasteiger partial charge in [-0.25, -0.2) is 0 Å². The molecule has 0 aliphatic heterocycles. The van der Waals surface area contributed by atoms with E-state index in [0.29, 0.717) is 20.8 Å². The molecule has 0 fully saturated rings. The van der Waals surface area contributed by atoms with Crippen molar-refractivity contribution in [2.24, 2.45) is 0 Å². The highest BCUT2D eigenvalue weighted by atomic mass is 79.9. The van der Waals surface area contributed by atoms with Gasteiger partial charge in [0.05, 0.1) is 16.6 Å². The summed E-state index contributed by atoms with van der Waals surface area (Å²) in [6.45, 7) is -0.344. The van der Waals surface area contributed by atoms with Gasteiger partial charge in [0.15, 0.2) is 12.4 Å². The second kappa shape index (κ2) is 8.94. The first kappa shape index (κ1) is 19.4. The third-order valence-electron chi connectivity index (χ3n) is 2.98. The lowest BCUT2D eigenvalue weighted by Crippen LogP contribution is -2.43. The third kappa shape index (κ3) is 5.52. The normalized spacial score (nSPS) is 10.1. The maximum absolute atomic E-state index is 11.9. The summed E-state index contributed by atoms with van der Waals surface area (Å²) in [6.07, 6.45) is 0. The van der Waals surface area contributed by atoms with Gasteiger partial charge in [-0.2, -0.15) is 0 Å². The molecule has 0 aromatic heterocycles. The van der Waals surface area contributed by atoms with E-state index >= 15 is 0 Å². The number of benzene rings is 2. The summed E-state index contributed by atoms with van der Waals surface area (Å²) >= 11 is 15.1. The summed E-state index contributed by atoms with van der Waals surface area (Å²) in [5.41, 5.74) is 4.90. The van der Waals surface area contributed by atoms with Crippen molar-refractivity contribution in [1.82, 2.24) is 10.9 Å². The van der Waals surface area contributed by atoms with Crippen LogP contribution in [-0.4, -0.2) is 25.5 Å². The van der Waals surface area contributed by atoms with Crippen molar-refractivity contribution in [1.29, 1.82) is 0 Å². The van der Waals surface area contributed by atoms with Crippen molar-refractivity contribution in [3.8, 4) is 11.5 Å². The van der Waals surface area contributed by atoms with E-state index in [9.17, 15) is 9.59 Å². The molecule has 0 saturated carbocycles. The zero-order chi connectivity index (χ0) is 18.4. The monoisotopic (exact) mass is 446 g/mol. The minimum Gasteiger partial charge on any atom is -0.497 e. The van der Waals surface area contributed by atoms with Crippen LogP contribution in [0.25, 0.3) is 0 Å². The van der Waals surface area contributed by atoms with Crippen molar-refractivity contribution in [2.75, 3.05) is 13.7 Å². The number of carbonyl (C=O) groups is 2. The lowest BCUT2D eigenvalue weighted by Gasteiger charge is -2.11. The lowest BCUT2D eigenvalue weighted by atomic mass is 10.2. The molecule has 0 radical (unpaired) electrons. The van der Waals surface area contributed by atoms with E-state index in [-0.39, 0.29) is 17.4 Å². The van der Waals surface area contributed by atoms with Crippen LogP contribution in [0.15, 0.2) is 40.9 Å². The van der Waals surface area contributed by atoms with E-state index in [1.165, 1.54) is 13.2 Å². The Labute approximate surface area is 162 Å². The van der Waals surface area contributed by atoms with Crippen LogP contribution in [0.5, 0.6) is 11.5 Å². The molecule has 25 heavy (non-hydrogen) atoms. The van der Waals surface area contributed by atoms with E-state index in [1.807, 2.05) is 0 Å². The van der Waals surface area contributed by atoms with Gasteiger partial charge in [0, 0.05) is 10.6 Å². The SMILES string of the molecule is COc1ccc(C(=O)NNC(=O)COc2c(Cl)cc(Cl)cc2Br)cc1. The number of hydrazine groups is 1. The first-order valence-electron chi connectivity index (χ1n) is 6.91. The number of hydrogen-bond donors (Lipinski definition) is 2. The smallest absolute Gasteiger partial charge is 0.276 e. The molecule has 132 valence electrons. The molecule has 0 saturated heterocycles. The summed E-state index contributed by atoms with van der Waals surface area (Å²) in [6, 6.07) is 9.50. The molecular weight excluding hydrogens is 435 g/mol. The van der Waals surface area contributed by atoms with Gasteiger partial charge in [-0.05, 0) is 52.3 Å². The van der Waals surface area contributed by atoms with Gasteiger partial charge >= 0.3 is 0 Å². The summed E-state index contributed by atoms with van der Waals surface area (Å²) in [5.74, 6) is -0.122. The molecule has 2 aromatic rings. The summed E-state index contributed by atoms with van der Waals surface area (Å²) < 4.78 is 10.9. The van der Waals surface area contributed by atoms with Crippen LogP contribution in [0.3, 0.4) is 0 Å². The highest BCUT2D eigenvalue weighted by Crippen LogP contribution is 2.35. The summed E-state index contributed by atoms with van der Waals surface area (Å²) in [7, 11) is 1.53. The summed E-state index contributed by atoms with van der Waals surface area (Å²) in [4.78, 5) is 23.7. The predicted molar refractivity (Wildman–Crippen MR) is 98.3 cm³/mol. The average molecular weight is 448 g/mol. The summed E-state index contributed by atoms with van der Waals surface area (Å²) in [5, 5.41) is 0.690. The van der Waals surface area contributed by atoms with Crippen molar-refractivity contribution in [3.63, 3.8) is 0 Å². The number of methoxy groups -OCH3 is 1. The van der Waals surface area contributed by atoms with Crippen LogP contribution < -0.4 is 20.3 Å². The van der Waals surface area contributed by atoms with E-state index in [1.54, 1.807) is 30.3 Å². The van der Waals surface area contributed by atoms with Crippen LogP contribution in [-0.2, 0) is 4.79 Å². The lowest BCUT2D eigenvalue weighted by molar-refractivity contribution is -0.123. The fraction of sp³-hybridized carbons (Fsp3) is 0.125. The molecule has 2 amide bonds. The topological polar surface area (TPSA) is 76.7 Å². The second-order valence-corrected chi connectivity index (χ2v) is 6.42. The molecule has 0 atom stereocenters. The molecule has 0 aliphatic rings. The minimum atomic E-state index is -0.556. The van der Waals surface area contributed by atoms with Crippen LogP contribution in [0.2, 0.25) is 10.0 Å². The highest BCUT2D eigenvalue weighted by molar-refractivity contribution is 9.10. The van der Waals surface area contributed by atoms with Gasteiger partial charge in [0.25, 0.3) is 11.8 Å². The second-order valence-electron chi connectivity index (χ2n) is 4.72. The van der Waals surface area contributed by atoms with E-state index in [0.717, 1.165) is 0 Å². The molecule has 9 heteroatoms. The number of amides is 2. The van der Waals surface area contributed by atoms with Crippen LogP contribution in [0, 0.1) is 0 Å². The Kier molecular flexibility index (Phi) is 6.92. The Hall–Kier alpha value is -1.96. The number of halogens is 3. The van der Waals surface area contributed by atoms with Gasteiger partial charge in [0.2, 0.25) is 0 Å². The van der Waals surface area contributed by atoms with E-state index < -0.39 is 11.8 Å². The fourth-order valence-electron chi connectivity index (χ4n) is 1.78. The van der Waals surface area contributed by atoms with Crippen LogP contribution in [0.1, 0.15) is 10.4 Å². The van der Waals surface area contributed by atoms with Gasteiger partial charge in [0.1, 0.15) is 5.75 Å². The third-order valence-corrected chi connectivity index (χ3v) is 4.07. The zero-order valence-corrected chi connectivity index (χ0v) is 16.0. The van der Waals surface area contributed by atoms with Crippen molar-refractivity contribution in [2.45, 2.75) is 0 Å². The number of ether oxygens (including phenoxy) is 2. The van der Waals surface area contributed by atoms with Crippen LogP contribution >= 0.6 is 39.1 Å². The van der Waals surface area contributed by atoms with Crippen molar-refractivity contribution in [3.05, 3.63) is 56.5 Å². The number of carbonyl (C=O) groups excluding carboxylic acids is 2. The maximum atomic E-state index is 11.9. The molecule has 2 rings (SSSR count). The molecule has 0 unspecified atom stereocenters. The van der Waals surface area contributed by atoms with Gasteiger partial charge < -0.3 is 9.47 Å². The van der Waals surface area contributed by atoms with Crippen molar-refractivity contribution < 1.29 is 19.1 Å².